The van der Waals surface area contributed by atoms with Gasteiger partial charge in [0.1, 0.15) is 11.6 Å². The molecule has 1 rings (SSSR count). The van der Waals surface area contributed by atoms with E-state index in [0.717, 1.165) is 6.07 Å². The lowest BCUT2D eigenvalue weighted by Crippen LogP contribution is -2.15. The molecule has 0 amide bonds. The molecule has 0 aliphatic heterocycles. The largest absolute Gasteiger partial charge is 0.387 e. The van der Waals surface area contributed by atoms with Crippen molar-refractivity contribution >= 4 is 0 Å². The summed E-state index contributed by atoms with van der Waals surface area (Å²) in [7, 11) is 0. The van der Waals surface area contributed by atoms with Crippen molar-refractivity contribution in [3.05, 3.63) is 34.9 Å². The summed E-state index contributed by atoms with van der Waals surface area (Å²) in [6.45, 7) is 1.30. The van der Waals surface area contributed by atoms with E-state index in [4.69, 9.17) is 5.73 Å². The minimum Gasteiger partial charge on any atom is -0.387 e. The fraction of sp³-hybridized carbons (Fsp3) is 0.333. The molecule has 0 heterocycles. The molecule has 72 valence electrons. The Hall–Kier alpha value is -1.00. The molecular weight excluding hydrogens is 176 g/mol. The van der Waals surface area contributed by atoms with E-state index in [1.54, 1.807) is 0 Å². The molecule has 0 bridgehead atoms. The van der Waals surface area contributed by atoms with E-state index in [-0.39, 0.29) is 12.1 Å². The first-order chi connectivity index (χ1) is 6.07. The second kappa shape index (κ2) is 3.81. The average Bonchev–Trinajstić information content (AvgIpc) is 2.12. The maximum Gasteiger partial charge on any atom is 0.134 e. The lowest BCUT2D eigenvalue weighted by Gasteiger charge is -2.11. The van der Waals surface area contributed by atoms with Gasteiger partial charge in [-0.3, -0.25) is 0 Å². The van der Waals surface area contributed by atoms with Gasteiger partial charge in [-0.15, -0.1) is 0 Å². The SMILES string of the molecule is Cc1ccc(F)c(C(O)CN)c1F. The van der Waals surface area contributed by atoms with E-state index in [0.29, 0.717) is 5.56 Å². The Morgan fingerprint density at radius 2 is 2.08 bits per heavy atom. The summed E-state index contributed by atoms with van der Waals surface area (Å²) >= 11 is 0. The van der Waals surface area contributed by atoms with Gasteiger partial charge in [0.15, 0.2) is 0 Å². The smallest absolute Gasteiger partial charge is 0.134 e. The summed E-state index contributed by atoms with van der Waals surface area (Å²) in [4.78, 5) is 0. The van der Waals surface area contributed by atoms with E-state index >= 15 is 0 Å². The van der Waals surface area contributed by atoms with E-state index in [1.165, 1.54) is 13.0 Å². The van der Waals surface area contributed by atoms with Crippen LogP contribution in [0.15, 0.2) is 12.1 Å². The van der Waals surface area contributed by atoms with Gasteiger partial charge in [0.2, 0.25) is 0 Å². The number of halogens is 2. The summed E-state index contributed by atoms with van der Waals surface area (Å²) < 4.78 is 26.3. The van der Waals surface area contributed by atoms with Gasteiger partial charge in [0.25, 0.3) is 0 Å². The zero-order chi connectivity index (χ0) is 10.0. The zero-order valence-electron chi connectivity index (χ0n) is 7.22. The lowest BCUT2D eigenvalue weighted by molar-refractivity contribution is 0.176. The topological polar surface area (TPSA) is 46.2 Å². The summed E-state index contributed by atoms with van der Waals surface area (Å²) in [5, 5.41) is 9.21. The van der Waals surface area contributed by atoms with Crippen LogP contribution in [-0.4, -0.2) is 11.7 Å². The van der Waals surface area contributed by atoms with Crippen molar-refractivity contribution in [2.24, 2.45) is 5.73 Å². The third-order valence-corrected chi connectivity index (χ3v) is 1.88. The first-order valence-electron chi connectivity index (χ1n) is 3.90. The molecule has 0 aromatic heterocycles. The molecule has 4 heteroatoms. The second-order valence-electron chi connectivity index (χ2n) is 2.84. The summed E-state index contributed by atoms with van der Waals surface area (Å²) in [6, 6.07) is 2.43. The van der Waals surface area contributed by atoms with Crippen molar-refractivity contribution in [1.29, 1.82) is 0 Å². The Morgan fingerprint density at radius 1 is 1.46 bits per heavy atom. The lowest BCUT2D eigenvalue weighted by atomic mass is 10.0. The van der Waals surface area contributed by atoms with Crippen LogP contribution in [0.2, 0.25) is 0 Å². The summed E-state index contributed by atoms with van der Waals surface area (Å²) in [5.74, 6) is -1.49. The average molecular weight is 187 g/mol. The zero-order valence-corrected chi connectivity index (χ0v) is 7.22. The van der Waals surface area contributed by atoms with Crippen LogP contribution >= 0.6 is 0 Å². The Kier molecular flexibility index (Phi) is 2.95. The highest BCUT2D eigenvalue weighted by molar-refractivity contribution is 5.28. The predicted octanol–water partition coefficient (Wildman–Crippen LogP) is 1.27. The highest BCUT2D eigenvalue weighted by Crippen LogP contribution is 2.22. The number of aryl methyl sites for hydroxylation is 1. The molecule has 0 radical (unpaired) electrons. The summed E-state index contributed by atoms with van der Waals surface area (Å²) in [5.41, 5.74) is 5.06. The van der Waals surface area contributed by atoms with Crippen molar-refractivity contribution in [1.82, 2.24) is 0 Å². The maximum absolute atomic E-state index is 13.2. The van der Waals surface area contributed by atoms with Crippen LogP contribution in [0, 0.1) is 18.6 Å². The van der Waals surface area contributed by atoms with Crippen LogP contribution in [0.1, 0.15) is 17.2 Å². The van der Waals surface area contributed by atoms with Crippen molar-refractivity contribution in [3.8, 4) is 0 Å². The monoisotopic (exact) mass is 187 g/mol. The number of aliphatic hydroxyl groups excluding tert-OH is 1. The van der Waals surface area contributed by atoms with Crippen LogP contribution in [-0.2, 0) is 0 Å². The fourth-order valence-electron chi connectivity index (χ4n) is 1.10. The van der Waals surface area contributed by atoms with Gasteiger partial charge in [-0.2, -0.15) is 0 Å². The highest BCUT2D eigenvalue weighted by Gasteiger charge is 2.17. The Morgan fingerprint density at radius 3 is 2.62 bits per heavy atom. The minimum absolute atomic E-state index is 0.197. The maximum atomic E-state index is 13.2. The van der Waals surface area contributed by atoms with Gasteiger partial charge in [0, 0.05) is 6.54 Å². The number of hydrogen-bond acceptors (Lipinski definition) is 2. The molecule has 0 saturated carbocycles. The van der Waals surface area contributed by atoms with E-state index in [2.05, 4.69) is 0 Å². The van der Waals surface area contributed by atoms with E-state index < -0.39 is 17.7 Å². The number of nitrogens with two attached hydrogens (primary N) is 1. The molecule has 1 atom stereocenters. The molecule has 0 fully saturated rings. The minimum atomic E-state index is -1.28. The molecule has 1 aromatic carbocycles. The van der Waals surface area contributed by atoms with Gasteiger partial charge in [-0.25, -0.2) is 8.78 Å². The molecular formula is C9H11F2NO. The number of rotatable bonds is 2. The summed E-state index contributed by atoms with van der Waals surface area (Å²) in [6.07, 6.45) is -1.28. The Labute approximate surface area is 75.0 Å². The highest BCUT2D eigenvalue weighted by atomic mass is 19.1. The van der Waals surface area contributed by atoms with Gasteiger partial charge >= 0.3 is 0 Å². The van der Waals surface area contributed by atoms with Crippen LogP contribution < -0.4 is 5.73 Å². The van der Waals surface area contributed by atoms with Crippen molar-refractivity contribution < 1.29 is 13.9 Å². The van der Waals surface area contributed by atoms with Crippen LogP contribution in [0.25, 0.3) is 0 Å². The molecule has 0 aliphatic carbocycles. The first kappa shape index (κ1) is 10.1. The van der Waals surface area contributed by atoms with Crippen molar-refractivity contribution in [2.45, 2.75) is 13.0 Å². The predicted molar refractivity (Wildman–Crippen MR) is 45.1 cm³/mol. The normalized spacial score (nSPS) is 13.0. The molecule has 1 aromatic rings. The van der Waals surface area contributed by atoms with E-state index in [9.17, 15) is 13.9 Å². The van der Waals surface area contributed by atoms with Gasteiger partial charge in [-0.05, 0) is 18.6 Å². The number of aliphatic hydroxyl groups is 1. The molecule has 13 heavy (non-hydrogen) atoms. The molecule has 0 saturated heterocycles. The first-order valence-corrected chi connectivity index (χ1v) is 3.90. The Bertz CT molecular complexity index is 315. The standard InChI is InChI=1S/C9H11F2NO/c1-5-2-3-6(10)8(9(5)11)7(13)4-12/h2-3,7,13H,4,12H2,1H3. The third kappa shape index (κ3) is 1.84. The van der Waals surface area contributed by atoms with Crippen LogP contribution in [0.4, 0.5) is 8.78 Å². The van der Waals surface area contributed by atoms with Gasteiger partial charge < -0.3 is 10.8 Å². The third-order valence-electron chi connectivity index (χ3n) is 1.88. The van der Waals surface area contributed by atoms with Crippen LogP contribution in [0.5, 0.6) is 0 Å². The number of hydrogen-bond donors (Lipinski definition) is 2. The quantitative estimate of drug-likeness (QED) is 0.732. The van der Waals surface area contributed by atoms with Gasteiger partial charge in [-0.1, -0.05) is 6.07 Å². The second-order valence-corrected chi connectivity index (χ2v) is 2.84. The van der Waals surface area contributed by atoms with E-state index in [1.807, 2.05) is 0 Å². The molecule has 0 aliphatic rings. The van der Waals surface area contributed by atoms with Crippen molar-refractivity contribution in [2.75, 3.05) is 6.54 Å². The molecule has 3 N–H and O–H groups in total. The fourth-order valence-corrected chi connectivity index (χ4v) is 1.10. The number of benzene rings is 1. The molecule has 2 nitrogen and oxygen atoms in total. The Balaban J connectivity index is 3.25. The van der Waals surface area contributed by atoms with Gasteiger partial charge in [0.05, 0.1) is 11.7 Å². The van der Waals surface area contributed by atoms with Crippen molar-refractivity contribution in [3.63, 3.8) is 0 Å². The van der Waals surface area contributed by atoms with Crippen LogP contribution in [0.3, 0.4) is 0 Å². The molecule has 0 spiro atoms. The molecule has 1 unspecified atom stereocenters.